The van der Waals surface area contributed by atoms with Crippen LogP contribution in [-0.4, -0.2) is 11.0 Å². The fraction of sp³-hybridized carbons (Fsp3) is 0.188. The number of hydrogen-bond donors (Lipinski definition) is 1. The molecule has 5 heteroatoms. The van der Waals surface area contributed by atoms with Gasteiger partial charge >= 0.3 is 0 Å². The van der Waals surface area contributed by atoms with Gasteiger partial charge in [0.25, 0.3) is 0 Å². The molecule has 0 saturated carbocycles. The second-order valence-electron chi connectivity index (χ2n) is 4.88. The third kappa shape index (κ3) is 3.70. The van der Waals surface area contributed by atoms with Crippen molar-refractivity contribution in [3.63, 3.8) is 0 Å². The molecule has 1 N–H and O–H groups in total. The largest absolute Gasteiger partial charge is 0.342 e. The smallest absolute Gasteiger partial charge is 0.244 e. The van der Waals surface area contributed by atoms with Crippen molar-refractivity contribution >= 4 is 22.6 Å². The van der Waals surface area contributed by atoms with E-state index >= 15 is 0 Å². The van der Waals surface area contributed by atoms with Crippen LogP contribution in [0.2, 0.25) is 0 Å². The Hall–Kier alpha value is -2.14. The second-order valence-corrected chi connectivity index (χ2v) is 5.82. The molecule has 1 heterocycles. The van der Waals surface area contributed by atoms with Crippen LogP contribution in [0.25, 0.3) is 0 Å². The van der Waals surface area contributed by atoms with Gasteiger partial charge in [-0.3, -0.25) is 0 Å². The predicted molar refractivity (Wildman–Crippen MR) is 88.5 cm³/mol. The maximum absolute atomic E-state index is 4.57. The number of hydrogen-bond acceptors (Lipinski definition) is 5. The van der Waals surface area contributed by atoms with E-state index in [1.165, 1.54) is 5.56 Å². The van der Waals surface area contributed by atoms with Crippen molar-refractivity contribution in [2.24, 2.45) is 15.2 Å². The lowest BCUT2D eigenvalue weighted by Crippen LogP contribution is -2.28. The summed E-state index contributed by atoms with van der Waals surface area (Å²) in [6.07, 6.45) is 0. The molecule has 106 valence electrons. The summed E-state index contributed by atoms with van der Waals surface area (Å²) in [5.74, 6) is 0.139. The van der Waals surface area contributed by atoms with Gasteiger partial charge in [0.1, 0.15) is 0 Å². The van der Waals surface area contributed by atoms with Crippen molar-refractivity contribution in [3.05, 3.63) is 66.2 Å². The van der Waals surface area contributed by atoms with Crippen LogP contribution in [0.1, 0.15) is 12.5 Å². The molecule has 0 amide bonds. The van der Waals surface area contributed by atoms with Crippen LogP contribution in [0.15, 0.2) is 75.9 Å². The Labute approximate surface area is 128 Å². The molecule has 21 heavy (non-hydrogen) atoms. The van der Waals surface area contributed by atoms with Gasteiger partial charge < -0.3 is 5.32 Å². The lowest BCUT2D eigenvalue weighted by molar-refractivity contribution is 0.568. The van der Waals surface area contributed by atoms with Crippen LogP contribution in [0, 0.1) is 0 Å². The highest BCUT2D eigenvalue weighted by atomic mass is 32.2. The van der Waals surface area contributed by atoms with E-state index < -0.39 is 5.79 Å². The molecule has 0 aliphatic carbocycles. The molecule has 0 aromatic heterocycles. The minimum absolute atomic E-state index is 0.708. The van der Waals surface area contributed by atoms with Crippen molar-refractivity contribution in [2.75, 3.05) is 5.32 Å². The van der Waals surface area contributed by atoms with E-state index in [1.54, 1.807) is 11.8 Å². The Bertz CT molecular complexity index is 654. The molecular weight excluding hydrogens is 280 g/mol. The Morgan fingerprint density at radius 2 is 1.67 bits per heavy atom. The molecule has 0 fully saturated rings. The molecule has 0 radical (unpaired) electrons. The Kier molecular flexibility index (Phi) is 4.01. The maximum Gasteiger partial charge on any atom is 0.244 e. The second kappa shape index (κ2) is 6.10. The monoisotopic (exact) mass is 296 g/mol. The van der Waals surface area contributed by atoms with E-state index in [0.717, 1.165) is 11.4 Å². The fourth-order valence-electron chi connectivity index (χ4n) is 2.00. The number of nitrogens with zero attached hydrogens (tertiary/aromatic N) is 3. The average Bonchev–Trinajstić information content (AvgIpc) is 2.88. The minimum Gasteiger partial charge on any atom is -0.342 e. The molecule has 1 aliphatic heterocycles. The number of nitrogens with one attached hydrogen (secondary N) is 1. The summed E-state index contributed by atoms with van der Waals surface area (Å²) in [5.41, 5.74) is 2.24. The molecule has 2 aromatic carbocycles. The van der Waals surface area contributed by atoms with Gasteiger partial charge in [-0.15, -0.1) is 10.2 Å². The van der Waals surface area contributed by atoms with Crippen molar-refractivity contribution in [3.8, 4) is 0 Å². The van der Waals surface area contributed by atoms with Crippen LogP contribution < -0.4 is 5.32 Å². The quantitative estimate of drug-likeness (QED) is 0.901. The minimum atomic E-state index is -0.708. The number of aliphatic imine (C=N–C) groups is 1. The lowest BCUT2D eigenvalue weighted by Gasteiger charge is -2.18. The molecule has 3 rings (SSSR count). The van der Waals surface area contributed by atoms with E-state index in [0.29, 0.717) is 5.17 Å². The maximum atomic E-state index is 4.57. The van der Waals surface area contributed by atoms with Gasteiger partial charge in [0.05, 0.1) is 0 Å². The normalized spacial score (nSPS) is 20.3. The summed E-state index contributed by atoms with van der Waals surface area (Å²) in [7, 11) is 0. The first-order valence-electron chi connectivity index (χ1n) is 6.76. The summed E-state index contributed by atoms with van der Waals surface area (Å²) >= 11 is 1.60. The average molecular weight is 296 g/mol. The molecular formula is C16H16N4S. The number of anilines is 1. The van der Waals surface area contributed by atoms with Crippen molar-refractivity contribution in [1.82, 2.24) is 0 Å². The third-order valence-corrected chi connectivity index (χ3v) is 3.92. The highest BCUT2D eigenvalue weighted by molar-refractivity contribution is 8.13. The van der Waals surface area contributed by atoms with Gasteiger partial charge in [0.2, 0.25) is 11.0 Å². The van der Waals surface area contributed by atoms with Gasteiger partial charge in [0.15, 0.2) is 0 Å². The molecule has 0 spiro atoms. The number of rotatable bonds is 4. The van der Waals surface area contributed by atoms with Gasteiger partial charge in [-0.25, -0.2) is 4.99 Å². The zero-order valence-electron chi connectivity index (χ0n) is 11.7. The van der Waals surface area contributed by atoms with Gasteiger partial charge in [0, 0.05) is 18.4 Å². The van der Waals surface area contributed by atoms with E-state index in [1.807, 2.05) is 55.5 Å². The lowest BCUT2D eigenvalue weighted by atomic mass is 10.2. The van der Waals surface area contributed by atoms with E-state index in [-0.39, 0.29) is 0 Å². The molecule has 0 bridgehead atoms. The van der Waals surface area contributed by atoms with Crippen LogP contribution >= 0.6 is 11.8 Å². The van der Waals surface area contributed by atoms with Crippen LogP contribution in [0.4, 0.5) is 5.69 Å². The highest BCUT2D eigenvalue weighted by Crippen LogP contribution is 2.27. The summed E-state index contributed by atoms with van der Waals surface area (Å²) in [6, 6.07) is 20.2. The van der Waals surface area contributed by atoms with Crippen LogP contribution in [0.5, 0.6) is 0 Å². The summed E-state index contributed by atoms with van der Waals surface area (Å²) < 4.78 is 0. The van der Waals surface area contributed by atoms with Crippen LogP contribution in [-0.2, 0) is 5.75 Å². The van der Waals surface area contributed by atoms with Crippen molar-refractivity contribution < 1.29 is 0 Å². The predicted octanol–water partition coefficient (Wildman–Crippen LogP) is 4.53. The number of azo groups is 1. The van der Waals surface area contributed by atoms with Gasteiger partial charge in [-0.05, 0) is 17.7 Å². The van der Waals surface area contributed by atoms with Gasteiger partial charge in [-0.1, -0.05) is 60.3 Å². The zero-order chi connectivity index (χ0) is 14.5. The number of benzene rings is 2. The Balaban J connectivity index is 1.63. The van der Waals surface area contributed by atoms with Crippen LogP contribution in [0.3, 0.4) is 0 Å². The summed E-state index contributed by atoms with van der Waals surface area (Å²) in [5, 5.41) is 12.4. The number of thioether (sulfide) groups is 1. The van der Waals surface area contributed by atoms with Crippen molar-refractivity contribution in [1.29, 1.82) is 0 Å². The number of amidine groups is 1. The Morgan fingerprint density at radius 1 is 1.00 bits per heavy atom. The molecule has 1 atom stereocenters. The third-order valence-electron chi connectivity index (χ3n) is 3.01. The summed E-state index contributed by atoms with van der Waals surface area (Å²) in [6.45, 7) is 1.92. The Morgan fingerprint density at radius 3 is 2.38 bits per heavy atom. The summed E-state index contributed by atoms with van der Waals surface area (Å²) in [4.78, 5) is 4.57. The van der Waals surface area contributed by atoms with Gasteiger partial charge in [-0.2, -0.15) is 0 Å². The fourth-order valence-corrected chi connectivity index (χ4v) is 2.83. The molecule has 1 aliphatic rings. The molecule has 2 aromatic rings. The van der Waals surface area contributed by atoms with E-state index in [9.17, 15) is 0 Å². The standard InChI is InChI=1S/C16H16N4S/c1-16(17-14-10-6-3-7-11-14)18-15(19-20-16)21-12-13-8-4-2-5-9-13/h2-11,17H,12H2,1H3. The topological polar surface area (TPSA) is 49.1 Å². The number of para-hydroxylation sites is 1. The van der Waals surface area contributed by atoms with E-state index in [2.05, 4.69) is 32.7 Å². The SMILES string of the molecule is CC1(Nc2ccccc2)N=NC(SCc2ccccc2)=N1. The van der Waals surface area contributed by atoms with E-state index in [4.69, 9.17) is 0 Å². The first-order valence-corrected chi connectivity index (χ1v) is 7.75. The molecule has 4 nitrogen and oxygen atoms in total. The van der Waals surface area contributed by atoms with Crippen molar-refractivity contribution in [2.45, 2.75) is 18.5 Å². The first-order chi connectivity index (χ1) is 10.2. The molecule has 1 unspecified atom stereocenters. The first kappa shape index (κ1) is 13.8. The highest BCUT2D eigenvalue weighted by Gasteiger charge is 2.28. The zero-order valence-corrected chi connectivity index (χ0v) is 12.5. The molecule has 0 saturated heterocycles.